The summed E-state index contributed by atoms with van der Waals surface area (Å²) in [4.78, 5) is 0. The number of hydrogen-bond donors (Lipinski definition) is 0. The van der Waals surface area contributed by atoms with Gasteiger partial charge >= 0.3 is 0 Å². The Balaban J connectivity index is 1.35. The number of aryl methyl sites for hydroxylation is 1. The van der Waals surface area contributed by atoms with Crippen LogP contribution in [0.2, 0.25) is 0 Å². The highest BCUT2D eigenvalue weighted by atomic mass is 19.2. The Bertz CT molecular complexity index is 1420. The molecule has 1 heterocycles. The molecule has 0 amide bonds. The van der Waals surface area contributed by atoms with E-state index in [1.165, 1.54) is 18.2 Å². The summed E-state index contributed by atoms with van der Waals surface area (Å²) in [5.41, 5.74) is 3.71. The standard InChI is InChI=1S/C31H24F4O/c1-2-3-19-4-9-21(10-5-19)24-16-17-25(30(34)29(24)33)22-11-6-20(7-12-22)8-13-23-14-15-26(27-18-36-27)31(35)28(23)32/h4-17,27H,2-3,18H2,1H3/b13-8+. The number of rotatable bonds is 7. The first-order valence-electron chi connectivity index (χ1n) is 11.9. The van der Waals surface area contributed by atoms with Gasteiger partial charge in [0, 0.05) is 22.3 Å². The summed E-state index contributed by atoms with van der Waals surface area (Å²) in [6.07, 6.45) is 4.71. The minimum Gasteiger partial charge on any atom is -0.368 e. The Hall–Kier alpha value is -3.70. The summed E-state index contributed by atoms with van der Waals surface area (Å²) in [5, 5.41) is 0. The van der Waals surface area contributed by atoms with Gasteiger partial charge in [-0.15, -0.1) is 0 Å². The van der Waals surface area contributed by atoms with Crippen LogP contribution in [-0.2, 0) is 11.2 Å². The lowest BCUT2D eigenvalue weighted by Gasteiger charge is -2.10. The quantitative estimate of drug-likeness (QED) is 0.144. The molecule has 0 radical (unpaired) electrons. The number of benzene rings is 4. The van der Waals surface area contributed by atoms with Crippen molar-refractivity contribution in [2.75, 3.05) is 6.61 Å². The van der Waals surface area contributed by atoms with E-state index < -0.39 is 23.3 Å². The Kier molecular flexibility index (Phi) is 6.75. The second-order valence-electron chi connectivity index (χ2n) is 8.88. The van der Waals surface area contributed by atoms with E-state index in [1.54, 1.807) is 42.5 Å². The van der Waals surface area contributed by atoms with Crippen molar-refractivity contribution in [3.63, 3.8) is 0 Å². The predicted molar refractivity (Wildman–Crippen MR) is 135 cm³/mol. The third-order valence-corrected chi connectivity index (χ3v) is 6.39. The van der Waals surface area contributed by atoms with Gasteiger partial charge in [0.1, 0.15) is 6.10 Å². The van der Waals surface area contributed by atoms with Crippen LogP contribution in [0.4, 0.5) is 17.6 Å². The number of halogens is 4. The van der Waals surface area contributed by atoms with E-state index in [0.717, 1.165) is 18.4 Å². The van der Waals surface area contributed by atoms with E-state index in [9.17, 15) is 13.2 Å². The van der Waals surface area contributed by atoms with Crippen molar-refractivity contribution in [3.8, 4) is 22.3 Å². The number of hydrogen-bond acceptors (Lipinski definition) is 1. The predicted octanol–water partition coefficient (Wildman–Crippen LogP) is 8.77. The van der Waals surface area contributed by atoms with E-state index in [-0.39, 0.29) is 28.4 Å². The highest BCUT2D eigenvalue weighted by molar-refractivity contribution is 5.75. The second-order valence-corrected chi connectivity index (χ2v) is 8.88. The van der Waals surface area contributed by atoms with Gasteiger partial charge in [0.05, 0.1) is 6.61 Å². The summed E-state index contributed by atoms with van der Waals surface area (Å²) in [6.45, 7) is 2.49. The Labute approximate surface area is 207 Å². The monoisotopic (exact) mass is 488 g/mol. The normalized spacial score (nSPS) is 15.0. The molecule has 0 saturated carbocycles. The van der Waals surface area contributed by atoms with Crippen molar-refractivity contribution in [1.82, 2.24) is 0 Å². The van der Waals surface area contributed by atoms with Gasteiger partial charge in [-0.1, -0.05) is 98.3 Å². The molecule has 5 heteroatoms. The molecule has 0 aromatic heterocycles. The average molecular weight is 489 g/mol. The van der Waals surface area contributed by atoms with Gasteiger partial charge in [-0.05, 0) is 28.7 Å². The molecule has 0 bridgehead atoms. The molecule has 1 aliphatic heterocycles. The fraction of sp³-hybridized carbons (Fsp3) is 0.161. The largest absolute Gasteiger partial charge is 0.368 e. The lowest BCUT2D eigenvalue weighted by atomic mass is 9.97. The van der Waals surface area contributed by atoms with Crippen molar-refractivity contribution in [2.45, 2.75) is 25.9 Å². The molecule has 0 aliphatic carbocycles. The van der Waals surface area contributed by atoms with Gasteiger partial charge in [0.25, 0.3) is 0 Å². The van der Waals surface area contributed by atoms with E-state index in [0.29, 0.717) is 23.3 Å². The second kappa shape index (κ2) is 10.1. The first-order valence-corrected chi connectivity index (χ1v) is 11.9. The van der Waals surface area contributed by atoms with Crippen LogP contribution in [0.1, 0.15) is 41.7 Å². The molecule has 182 valence electrons. The molecular weight excluding hydrogens is 464 g/mol. The Morgan fingerprint density at radius 3 is 1.83 bits per heavy atom. The van der Waals surface area contributed by atoms with E-state index >= 15 is 4.39 Å². The van der Waals surface area contributed by atoms with Gasteiger partial charge in [-0.25, -0.2) is 17.6 Å². The van der Waals surface area contributed by atoms with Crippen molar-refractivity contribution < 1.29 is 22.3 Å². The lowest BCUT2D eigenvalue weighted by molar-refractivity contribution is 0.401. The molecule has 36 heavy (non-hydrogen) atoms. The number of ether oxygens (including phenoxy) is 1. The van der Waals surface area contributed by atoms with Crippen LogP contribution >= 0.6 is 0 Å². The summed E-state index contributed by atoms with van der Waals surface area (Å²) in [5.74, 6) is -3.62. The SMILES string of the molecule is CCCc1ccc(-c2ccc(-c3ccc(/C=C/c4ccc(C5CO5)c(F)c4F)cc3)c(F)c2F)cc1. The molecule has 1 fully saturated rings. The Morgan fingerprint density at radius 1 is 0.694 bits per heavy atom. The van der Waals surface area contributed by atoms with Crippen molar-refractivity contribution in [2.24, 2.45) is 0 Å². The highest BCUT2D eigenvalue weighted by Gasteiger charge is 2.29. The zero-order valence-electron chi connectivity index (χ0n) is 19.7. The summed E-state index contributed by atoms with van der Waals surface area (Å²) in [7, 11) is 0. The summed E-state index contributed by atoms with van der Waals surface area (Å²) in [6, 6.07) is 20.5. The maximum atomic E-state index is 15.0. The fourth-order valence-electron chi connectivity index (χ4n) is 4.28. The minimum atomic E-state index is -0.923. The van der Waals surface area contributed by atoms with Gasteiger partial charge in [-0.3, -0.25) is 0 Å². The maximum Gasteiger partial charge on any atom is 0.167 e. The molecular formula is C31H24F4O. The fourth-order valence-corrected chi connectivity index (χ4v) is 4.28. The smallest absolute Gasteiger partial charge is 0.167 e. The summed E-state index contributed by atoms with van der Waals surface area (Å²) >= 11 is 0. The van der Waals surface area contributed by atoms with Crippen LogP contribution in [-0.4, -0.2) is 6.61 Å². The molecule has 1 saturated heterocycles. The van der Waals surface area contributed by atoms with Crippen molar-refractivity contribution >= 4 is 12.2 Å². The minimum absolute atomic E-state index is 0.118. The summed E-state index contributed by atoms with van der Waals surface area (Å²) < 4.78 is 63.6. The van der Waals surface area contributed by atoms with Crippen molar-refractivity contribution in [1.29, 1.82) is 0 Å². The van der Waals surface area contributed by atoms with E-state index in [4.69, 9.17) is 4.74 Å². The lowest BCUT2D eigenvalue weighted by Crippen LogP contribution is -1.95. The van der Waals surface area contributed by atoms with Gasteiger partial charge in [0.15, 0.2) is 23.3 Å². The first-order chi connectivity index (χ1) is 17.5. The van der Waals surface area contributed by atoms with Crippen LogP contribution < -0.4 is 0 Å². The van der Waals surface area contributed by atoms with Gasteiger partial charge < -0.3 is 4.74 Å². The van der Waals surface area contributed by atoms with Gasteiger partial charge in [-0.2, -0.15) is 0 Å². The zero-order chi connectivity index (χ0) is 25.2. The first kappa shape index (κ1) is 24.0. The topological polar surface area (TPSA) is 12.5 Å². The van der Waals surface area contributed by atoms with Crippen LogP contribution in [0, 0.1) is 23.3 Å². The zero-order valence-corrected chi connectivity index (χ0v) is 19.7. The molecule has 4 aromatic carbocycles. The molecule has 1 unspecified atom stereocenters. The van der Waals surface area contributed by atoms with E-state index in [1.807, 2.05) is 24.3 Å². The average Bonchev–Trinajstić information content (AvgIpc) is 3.73. The third kappa shape index (κ3) is 4.84. The molecule has 1 nitrogen and oxygen atoms in total. The van der Waals surface area contributed by atoms with Crippen LogP contribution in [0.5, 0.6) is 0 Å². The van der Waals surface area contributed by atoms with Gasteiger partial charge in [0.2, 0.25) is 0 Å². The third-order valence-electron chi connectivity index (χ3n) is 6.39. The molecule has 1 aliphatic rings. The molecule has 0 spiro atoms. The number of epoxide rings is 1. The highest BCUT2D eigenvalue weighted by Crippen LogP contribution is 2.34. The molecule has 1 atom stereocenters. The van der Waals surface area contributed by atoms with Crippen LogP contribution in [0.25, 0.3) is 34.4 Å². The molecule has 5 rings (SSSR count). The Morgan fingerprint density at radius 2 is 1.28 bits per heavy atom. The molecule has 0 N–H and O–H groups in total. The molecule has 4 aromatic rings. The van der Waals surface area contributed by atoms with Crippen LogP contribution in [0.3, 0.4) is 0 Å². The van der Waals surface area contributed by atoms with Crippen molar-refractivity contribution in [3.05, 3.63) is 118 Å². The van der Waals surface area contributed by atoms with Crippen LogP contribution in [0.15, 0.2) is 72.8 Å². The maximum absolute atomic E-state index is 15.0. The van der Waals surface area contributed by atoms with E-state index in [2.05, 4.69) is 6.92 Å².